The summed E-state index contributed by atoms with van der Waals surface area (Å²) in [6.07, 6.45) is 2.00. The van der Waals surface area contributed by atoms with Gasteiger partial charge in [0.2, 0.25) is 0 Å². The average molecular weight is 168 g/mol. The van der Waals surface area contributed by atoms with Crippen LogP contribution in [-0.2, 0) is 11.3 Å². The minimum atomic E-state index is 0.362. The van der Waals surface area contributed by atoms with E-state index in [-0.39, 0.29) is 0 Å². The fourth-order valence-electron chi connectivity index (χ4n) is 1.03. The first-order valence-electron chi connectivity index (χ1n) is 4.08. The molecule has 66 valence electrons. The van der Waals surface area contributed by atoms with Crippen molar-refractivity contribution in [1.82, 2.24) is 10.5 Å². The Balaban J connectivity index is 1.82. The molecule has 0 amide bonds. The number of rotatable bonds is 3. The monoisotopic (exact) mass is 168 g/mol. The number of nitrogens with one attached hydrogen (secondary N) is 1. The Morgan fingerprint density at radius 2 is 2.58 bits per heavy atom. The van der Waals surface area contributed by atoms with Gasteiger partial charge in [0.1, 0.15) is 12.0 Å². The molecular formula is C8H12N2O2. The van der Waals surface area contributed by atoms with E-state index in [1.165, 1.54) is 0 Å². The predicted octanol–water partition coefficient (Wildman–Crippen LogP) is 0.471. The van der Waals surface area contributed by atoms with Crippen LogP contribution in [0.2, 0.25) is 0 Å². The molecule has 1 aliphatic heterocycles. The van der Waals surface area contributed by atoms with E-state index in [2.05, 4.69) is 10.5 Å². The first-order valence-corrected chi connectivity index (χ1v) is 4.08. The molecule has 2 rings (SSSR count). The van der Waals surface area contributed by atoms with Gasteiger partial charge in [0.25, 0.3) is 0 Å². The summed E-state index contributed by atoms with van der Waals surface area (Å²) in [5.74, 6) is 0. The van der Waals surface area contributed by atoms with E-state index in [4.69, 9.17) is 9.26 Å². The lowest BCUT2D eigenvalue weighted by Gasteiger charge is -2.26. The summed E-state index contributed by atoms with van der Waals surface area (Å²) in [5.41, 5.74) is 1.96. The van der Waals surface area contributed by atoms with E-state index in [9.17, 15) is 0 Å². The molecule has 0 atom stereocenters. The van der Waals surface area contributed by atoms with Crippen molar-refractivity contribution in [2.24, 2.45) is 0 Å². The molecule has 1 aromatic heterocycles. The Labute approximate surface area is 70.9 Å². The second-order valence-corrected chi connectivity index (χ2v) is 3.04. The van der Waals surface area contributed by atoms with Crippen LogP contribution in [0, 0.1) is 6.92 Å². The van der Waals surface area contributed by atoms with Crippen molar-refractivity contribution >= 4 is 0 Å². The minimum absolute atomic E-state index is 0.362. The lowest BCUT2D eigenvalue weighted by Crippen LogP contribution is -2.48. The topological polar surface area (TPSA) is 47.3 Å². The third kappa shape index (κ3) is 1.49. The largest absolute Gasteiger partial charge is 0.369 e. The van der Waals surface area contributed by atoms with Crippen molar-refractivity contribution in [3.63, 3.8) is 0 Å². The average Bonchev–Trinajstić information content (AvgIpc) is 2.33. The molecule has 0 aromatic carbocycles. The lowest BCUT2D eigenvalue weighted by atomic mass is 10.2. The Bertz CT molecular complexity index is 255. The van der Waals surface area contributed by atoms with Crippen LogP contribution in [0.5, 0.6) is 0 Å². The van der Waals surface area contributed by atoms with Crippen molar-refractivity contribution in [2.45, 2.75) is 19.6 Å². The second kappa shape index (κ2) is 3.25. The summed E-state index contributed by atoms with van der Waals surface area (Å²) in [6, 6.07) is 0. The fourth-order valence-corrected chi connectivity index (χ4v) is 1.03. The predicted molar refractivity (Wildman–Crippen MR) is 42.7 cm³/mol. The zero-order valence-electron chi connectivity index (χ0n) is 7.04. The van der Waals surface area contributed by atoms with Crippen molar-refractivity contribution in [3.05, 3.63) is 17.5 Å². The maximum atomic E-state index is 5.52. The number of aromatic nitrogens is 1. The van der Waals surface area contributed by atoms with E-state index < -0.39 is 0 Å². The van der Waals surface area contributed by atoms with Crippen molar-refractivity contribution < 1.29 is 9.26 Å². The number of ether oxygens (including phenoxy) is 1. The van der Waals surface area contributed by atoms with E-state index in [1.54, 1.807) is 6.26 Å². The van der Waals surface area contributed by atoms with Gasteiger partial charge in [-0.2, -0.15) is 0 Å². The molecule has 0 aliphatic carbocycles. The molecule has 0 spiro atoms. The number of aryl methyl sites for hydroxylation is 1. The first kappa shape index (κ1) is 7.76. The molecule has 2 heterocycles. The van der Waals surface area contributed by atoms with Gasteiger partial charge in [-0.05, 0) is 6.92 Å². The van der Waals surface area contributed by atoms with Gasteiger partial charge in [-0.25, -0.2) is 0 Å². The van der Waals surface area contributed by atoms with E-state index in [0.717, 1.165) is 24.3 Å². The van der Waals surface area contributed by atoms with Crippen LogP contribution < -0.4 is 5.32 Å². The van der Waals surface area contributed by atoms with Crippen LogP contribution in [0.25, 0.3) is 0 Å². The number of nitrogens with zero attached hydrogens (tertiary/aromatic N) is 1. The highest BCUT2D eigenvalue weighted by atomic mass is 16.5. The SMILES string of the molecule is Cc1conc1COC1CNC1. The summed E-state index contributed by atoms with van der Waals surface area (Å²) in [6.45, 7) is 4.44. The Morgan fingerprint density at radius 3 is 3.08 bits per heavy atom. The standard InChI is InChI=1S/C8H12N2O2/c1-6-4-12-10-8(6)5-11-7-2-9-3-7/h4,7,9H,2-3,5H2,1H3. The highest BCUT2D eigenvalue weighted by Crippen LogP contribution is 2.08. The van der Waals surface area contributed by atoms with Crippen LogP contribution in [0.1, 0.15) is 11.3 Å². The fraction of sp³-hybridized carbons (Fsp3) is 0.625. The maximum Gasteiger partial charge on any atom is 0.127 e. The highest BCUT2D eigenvalue weighted by Gasteiger charge is 2.17. The summed E-state index contributed by atoms with van der Waals surface area (Å²) < 4.78 is 10.3. The molecule has 1 fully saturated rings. The summed E-state index contributed by atoms with van der Waals surface area (Å²) in [5, 5.41) is 6.96. The third-order valence-electron chi connectivity index (χ3n) is 2.05. The van der Waals surface area contributed by atoms with E-state index in [1.807, 2.05) is 6.92 Å². The Hall–Kier alpha value is -0.870. The molecular weight excluding hydrogens is 156 g/mol. The molecule has 4 nitrogen and oxygen atoms in total. The van der Waals surface area contributed by atoms with E-state index in [0.29, 0.717) is 12.7 Å². The molecule has 0 unspecified atom stereocenters. The zero-order chi connectivity index (χ0) is 8.39. The Kier molecular flexibility index (Phi) is 2.10. The quantitative estimate of drug-likeness (QED) is 0.712. The lowest BCUT2D eigenvalue weighted by molar-refractivity contribution is 0.00487. The van der Waals surface area contributed by atoms with Crippen molar-refractivity contribution in [1.29, 1.82) is 0 Å². The maximum absolute atomic E-state index is 5.52. The summed E-state index contributed by atoms with van der Waals surface area (Å²) >= 11 is 0. The van der Waals surface area contributed by atoms with Crippen molar-refractivity contribution in [2.75, 3.05) is 13.1 Å². The molecule has 1 saturated heterocycles. The Morgan fingerprint density at radius 1 is 1.75 bits per heavy atom. The second-order valence-electron chi connectivity index (χ2n) is 3.04. The minimum Gasteiger partial charge on any atom is -0.369 e. The molecule has 4 heteroatoms. The molecule has 0 saturated carbocycles. The molecule has 0 bridgehead atoms. The van der Waals surface area contributed by atoms with Crippen LogP contribution in [0.3, 0.4) is 0 Å². The summed E-state index contributed by atoms with van der Waals surface area (Å²) in [4.78, 5) is 0. The van der Waals surface area contributed by atoms with E-state index >= 15 is 0 Å². The van der Waals surface area contributed by atoms with Crippen LogP contribution in [-0.4, -0.2) is 24.4 Å². The summed E-state index contributed by atoms with van der Waals surface area (Å²) in [7, 11) is 0. The number of hydrogen-bond acceptors (Lipinski definition) is 4. The molecule has 12 heavy (non-hydrogen) atoms. The normalized spacial score (nSPS) is 17.8. The van der Waals surface area contributed by atoms with Crippen LogP contribution >= 0.6 is 0 Å². The zero-order valence-corrected chi connectivity index (χ0v) is 7.04. The highest BCUT2D eigenvalue weighted by molar-refractivity contribution is 5.10. The van der Waals surface area contributed by atoms with Gasteiger partial charge < -0.3 is 14.6 Å². The third-order valence-corrected chi connectivity index (χ3v) is 2.05. The van der Waals surface area contributed by atoms with Gasteiger partial charge in [-0.15, -0.1) is 0 Å². The molecule has 1 N–H and O–H groups in total. The van der Waals surface area contributed by atoms with Gasteiger partial charge >= 0.3 is 0 Å². The van der Waals surface area contributed by atoms with Crippen molar-refractivity contribution in [3.8, 4) is 0 Å². The van der Waals surface area contributed by atoms with Gasteiger partial charge in [0.05, 0.1) is 12.7 Å². The van der Waals surface area contributed by atoms with Gasteiger partial charge in [0, 0.05) is 18.7 Å². The molecule has 1 aromatic rings. The van der Waals surface area contributed by atoms with Gasteiger partial charge in [-0.3, -0.25) is 0 Å². The molecule has 1 aliphatic rings. The first-order chi connectivity index (χ1) is 5.86. The van der Waals surface area contributed by atoms with Crippen LogP contribution in [0.15, 0.2) is 10.8 Å². The molecule has 0 radical (unpaired) electrons. The van der Waals surface area contributed by atoms with Crippen LogP contribution in [0.4, 0.5) is 0 Å². The van der Waals surface area contributed by atoms with Gasteiger partial charge in [0.15, 0.2) is 0 Å². The smallest absolute Gasteiger partial charge is 0.127 e. The number of hydrogen-bond donors (Lipinski definition) is 1. The van der Waals surface area contributed by atoms with Gasteiger partial charge in [-0.1, -0.05) is 5.16 Å².